The zero-order chi connectivity index (χ0) is 18.7. The van der Waals surface area contributed by atoms with Crippen molar-refractivity contribution in [1.82, 2.24) is 4.90 Å². The Balaban J connectivity index is 2.31. The van der Waals surface area contributed by atoms with Crippen molar-refractivity contribution in [2.45, 2.75) is 48.1 Å². The quantitative estimate of drug-likeness (QED) is 0.704. The molecule has 0 N–H and O–H groups in total. The molecule has 0 heterocycles. The van der Waals surface area contributed by atoms with Crippen molar-refractivity contribution in [2.24, 2.45) is 4.99 Å². The van der Waals surface area contributed by atoms with Crippen LogP contribution in [0.5, 0.6) is 0 Å². The van der Waals surface area contributed by atoms with Crippen molar-refractivity contribution in [2.75, 3.05) is 7.05 Å². The summed E-state index contributed by atoms with van der Waals surface area (Å²) in [5, 5.41) is 0. The largest absolute Gasteiger partial charge is 0.337 e. The van der Waals surface area contributed by atoms with E-state index in [1.54, 1.807) is 11.1 Å². The summed E-state index contributed by atoms with van der Waals surface area (Å²) in [6.07, 6.45) is 1.78. The monoisotopic (exact) mass is 336 g/mol. The third-order valence-electron chi connectivity index (χ3n) is 4.62. The summed E-state index contributed by atoms with van der Waals surface area (Å²) in [5.41, 5.74) is 8.59. The van der Waals surface area contributed by atoms with Crippen molar-refractivity contribution in [3.05, 3.63) is 63.2 Å². The molecule has 0 aliphatic rings. The normalized spacial score (nSPS) is 11.2. The van der Waals surface area contributed by atoms with Crippen LogP contribution in [0.25, 0.3) is 0 Å². The molecule has 1 amide bonds. The molecule has 25 heavy (non-hydrogen) atoms. The number of carbonyl (C=O) groups is 1. The van der Waals surface area contributed by atoms with Crippen LogP contribution in [0, 0.1) is 34.6 Å². The van der Waals surface area contributed by atoms with Crippen molar-refractivity contribution in [3.8, 4) is 0 Å². The summed E-state index contributed by atoms with van der Waals surface area (Å²) in [6.45, 7) is 12.8. The topological polar surface area (TPSA) is 32.7 Å². The molecule has 0 aromatic heterocycles. The van der Waals surface area contributed by atoms with Gasteiger partial charge in [0.2, 0.25) is 0 Å². The average Bonchev–Trinajstić information content (AvgIpc) is 2.53. The van der Waals surface area contributed by atoms with Gasteiger partial charge in [0.25, 0.3) is 5.91 Å². The lowest BCUT2D eigenvalue weighted by Gasteiger charge is -2.22. The summed E-state index contributed by atoms with van der Waals surface area (Å²) in [5.74, 6) is 0.0482. The molecule has 0 bridgehead atoms. The molecule has 0 aliphatic heterocycles. The van der Waals surface area contributed by atoms with Gasteiger partial charge in [-0.25, -0.2) is 0 Å². The number of benzene rings is 2. The van der Waals surface area contributed by atoms with Crippen molar-refractivity contribution in [3.63, 3.8) is 0 Å². The molecule has 0 aliphatic carbocycles. The summed E-state index contributed by atoms with van der Waals surface area (Å²) < 4.78 is 0. The first kappa shape index (κ1) is 18.9. The summed E-state index contributed by atoms with van der Waals surface area (Å²) in [6, 6.07) is 8.28. The van der Waals surface area contributed by atoms with Gasteiger partial charge < -0.3 is 4.90 Å². The highest BCUT2D eigenvalue weighted by Crippen LogP contribution is 2.25. The standard InChI is InChI=1S/C22H28N2O/c1-8-23-21-12-17(5)19(11-18(21)6)22(25)24(7)13-20-15(3)9-14(2)10-16(20)4/h8-12H,13H2,1-7H3. The number of aryl methyl sites for hydroxylation is 5. The fraction of sp³-hybridized carbons (Fsp3) is 0.364. The van der Waals surface area contributed by atoms with Crippen LogP contribution in [0.3, 0.4) is 0 Å². The van der Waals surface area contributed by atoms with Crippen LogP contribution in [-0.4, -0.2) is 24.1 Å². The second kappa shape index (κ2) is 7.64. The zero-order valence-corrected chi connectivity index (χ0v) is 16.4. The highest BCUT2D eigenvalue weighted by Gasteiger charge is 2.17. The fourth-order valence-electron chi connectivity index (χ4n) is 3.28. The third kappa shape index (κ3) is 4.16. The lowest BCUT2D eigenvalue weighted by atomic mass is 9.98. The van der Waals surface area contributed by atoms with Crippen LogP contribution in [0.4, 0.5) is 5.69 Å². The zero-order valence-electron chi connectivity index (χ0n) is 16.4. The molecule has 0 spiro atoms. The average molecular weight is 336 g/mol. The molecule has 0 unspecified atom stereocenters. The molecule has 0 saturated carbocycles. The van der Waals surface area contributed by atoms with E-state index in [1.165, 1.54) is 22.3 Å². The van der Waals surface area contributed by atoms with E-state index in [-0.39, 0.29) is 5.91 Å². The molecule has 132 valence electrons. The number of nitrogens with zero attached hydrogens (tertiary/aromatic N) is 2. The molecule has 3 heteroatoms. The summed E-state index contributed by atoms with van der Waals surface area (Å²) in [7, 11) is 1.87. The predicted molar refractivity (Wildman–Crippen MR) is 106 cm³/mol. The van der Waals surface area contributed by atoms with Gasteiger partial charge in [-0.1, -0.05) is 17.7 Å². The van der Waals surface area contributed by atoms with Crippen LogP contribution < -0.4 is 0 Å². The molecule has 3 nitrogen and oxygen atoms in total. The highest BCUT2D eigenvalue weighted by atomic mass is 16.2. The first-order valence-electron chi connectivity index (χ1n) is 8.66. The molecular formula is C22H28N2O. The molecule has 0 radical (unpaired) electrons. The molecule has 2 aromatic carbocycles. The lowest BCUT2D eigenvalue weighted by molar-refractivity contribution is 0.0784. The Bertz CT molecular complexity index is 811. The van der Waals surface area contributed by atoms with Gasteiger partial charge in [0.15, 0.2) is 0 Å². The van der Waals surface area contributed by atoms with Crippen molar-refractivity contribution in [1.29, 1.82) is 0 Å². The highest BCUT2D eigenvalue weighted by molar-refractivity contribution is 5.96. The Labute approximate surface area is 151 Å². The number of carbonyl (C=O) groups excluding carboxylic acids is 1. The van der Waals surface area contributed by atoms with Crippen LogP contribution >= 0.6 is 0 Å². The Kier molecular flexibility index (Phi) is 5.78. The van der Waals surface area contributed by atoms with Crippen molar-refractivity contribution < 1.29 is 4.79 Å². The Morgan fingerprint density at radius 1 is 0.960 bits per heavy atom. The Morgan fingerprint density at radius 3 is 2.12 bits per heavy atom. The molecule has 0 saturated heterocycles. The second-order valence-electron chi connectivity index (χ2n) is 6.88. The van der Waals surface area contributed by atoms with E-state index >= 15 is 0 Å². The predicted octanol–water partition coefficient (Wildman–Crippen LogP) is 5.22. The van der Waals surface area contributed by atoms with E-state index in [1.807, 2.05) is 40.0 Å². The van der Waals surface area contributed by atoms with E-state index in [0.29, 0.717) is 6.54 Å². The molecular weight excluding hydrogens is 308 g/mol. The minimum absolute atomic E-state index is 0.0482. The van der Waals surface area contributed by atoms with Gasteiger partial charge >= 0.3 is 0 Å². The van der Waals surface area contributed by atoms with Gasteiger partial charge in [0.05, 0.1) is 5.69 Å². The maximum absolute atomic E-state index is 13.0. The lowest BCUT2D eigenvalue weighted by Crippen LogP contribution is -2.27. The van der Waals surface area contributed by atoms with E-state index in [2.05, 4.69) is 37.9 Å². The van der Waals surface area contributed by atoms with E-state index in [4.69, 9.17) is 0 Å². The van der Waals surface area contributed by atoms with Crippen LogP contribution in [0.1, 0.15) is 50.7 Å². The number of aliphatic imine (C=N–C) groups is 1. The van der Waals surface area contributed by atoms with Gasteiger partial charge in [-0.05, 0) is 81.5 Å². The number of rotatable bonds is 4. The maximum Gasteiger partial charge on any atom is 0.254 e. The van der Waals surface area contributed by atoms with Crippen LogP contribution in [0.15, 0.2) is 29.3 Å². The molecule has 2 aromatic rings. The summed E-state index contributed by atoms with van der Waals surface area (Å²) in [4.78, 5) is 19.1. The number of hydrogen-bond donors (Lipinski definition) is 0. The Hall–Kier alpha value is -2.42. The fourth-order valence-corrected chi connectivity index (χ4v) is 3.28. The second-order valence-corrected chi connectivity index (χ2v) is 6.88. The van der Waals surface area contributed by atoms with Gasteiger partial charge in [0.1, 0.15) is 0 Å². The van der Waals surface area contributed by atoms with Crippen LogP contribution in [0.2, 0.25) is 0 Å². The Morgan fingerprint density at radius 2 is 1.56 bits per heavy atom. The van der Waals surface area contributed by atoms with Gasteiger partial charge in [0, 0.05) is 25.4 Å². The first-order chi connectivity index (χ1) is 11.7. The van der Waals surface area contributed by atoms with E-state index in [9.17, 15) is 4.79 Å². The number of hydrogen-bond acceptors (Lipinski definition) is 2. The first-order valence-corrected chi connectivity index (χ1v) is 8.66. The van der Waals surface area contributed by atoms with Gasteiger partial charge in [-0.15, -0.1) is 0 Å². The molecule has 0 atom stereocenters. The van der Waals surface area contributed by atoms with E-state index < -0.39 is 0 Å². The smallest absolute Gasteiger partial charge is 0.254 e. The SMILES string of the molecule is CC=Nc1cc(C)c(C(=O)N(C)Cc2c(C)cc(C)cc2C)cc1C. The minimum Gasteiger partial charge on any atom is -0.337 e. The molecule has 0 fully saturated rings. The third-order valence-corrected chi connectivity index (χ3v) is 4.62. The summed E-state index contributed by atoms with van der Waals surface area (Å²) >= 11 is 0. The van der Waals surface area contributed by atoms with Gasteiger partial charge in [-0.3, -0.25) is 9.79 Å². The van der Waals surface area contributed by atoms with Crippen molar-refractivity contribution >= 4 is 17.8 Å². The number of amides is 1. The molecule has 2 rings (SSSR count). The van der Waals surface area contributed by atoms with Crippen LogP contribution in [-0.2, 0) is 6.54 Å². The van der Waals surface area contributed by atoms with E-state index in [0.717, 1.165) is 22.4 Å². The van der Waals surface area contributed by atoms with Gasteiger partial charge in [-0.2, -0.15) is 0 Å². The minimum atomic E-state index is 0.0482. The maximum atomic E-state index is 13.0.